The minimum atomic E-state index is -0.223. The Morgan fingerprint density at radius 1 is 1.21 bits per heavy atom. The minimum Gasteiger partial charge on any atom is -0.394 e. The molecule has 1 aromatic heterocycles. The van der Waals surface area contributed by atoms with E-state index < -0.39 is 0 Å². The molecule has 1 N–H and O–H groups in total. The summed E-state index contributed by atoms with van der Waals surface area (Å²) >= 11 is 0. The number of hydrogen-bond acceptors (Lipinski definition) is 4. The molecule has 0 aliphatic heterocycles. The Labute approximate surface area is 120 Å². The topological polar surface area (TPSA) is 51.6 Å². The fraction of sp³-hybridized carbons (Fsp3) is 0.615. The van der Waals surface area contributed by atoms with Crippen LogP contribution < -0.4 is 0 Å². The maximum absolute atomic E-state index is 9.13. The predicted octanol–water partition coefficient (Wildman–Crippen LogP) is 1.84. The van der Waals surface area contributed by atoms with Gasteiger partial charge < -0.3 is 14.0 Å². The normalized spacial score (nSPS) is 12.1. The molecule has 0 aliphatic carbocycles. The molecular weight excluding hydrogens is 274 g/mol. The van der Waals surface area contributed by atoms with Crippen LogP contribution in [0.15, 0.2) is 18.2 Å². The highest BCUT2D eigenvalue weighted by Crippen LogP contribution is 2.28. The third kappa shape index (κ3) is 5.15. The highest BCUT2D eigenvalue weighted by molar-refractivity contribution is 6.26. The van der Waals surface area contributed by atoms with E-state index in [1.807, 2.05) is 31.3 Å². The maximum atomic E-state index is 9.13. The number of rotatable bonds is 8. The number of aliphatic hydroxyl groups excluding tert-OH is 1. The first kappa shape index (κ1) is 16.5. The van der Waals surface area contributed by atoms with Gasteiger partial charge in [0.15, 0.2) is 0 Å². The Morgan fingerprint density at radius 3 is 2.32 bits per heavy atom. The molecule has 104 valence electrons. The number of aliphatic hydroxyl groups is 1. The van der Waals surface area contributed by atoms with Crippen molar-refractivity contribution in [1.29, 1.82) is 0 Å². The zero-order chi connectivity index (χ0) is 14.3. The van der Waals surface area contributed by atoms with Crippen molar-refractivity contribution >= 4 is 19.5 Å². The van der Waals surface area contributed by atoms with E-state index in [1.54, 1.807) is 0 Å². The Morgan fingerprint density at radius 2 is 1.79 bits per heavy atom. The number of hydrogen-bond donors (Lipinski definition) is 1. The molecule has 1 aromatic rings. The van der Waals surface area contributed by atoms with Crippen LogP contribution in [0.2, 0.25) is 13.1 Å². The van der Waals surface area contributed by atoms with Crippen LogP contribution in [0.1, 0.15) is 25.2 Å². The average molecular weight is 295 g/mol. The fourth-order valence-corrected chi connectivity index (χ4v) is 3.08. The zero-order valence-electron chi connectivity index (χ0n) is 11.9. The van der Waals surface area contributed by atoms with Crippen LogP contribution in [0.3, 0.4) is 0 Å². The molecule has 0 fully saturated rings. The van der Waals surface area contributed by atoms with Gasteiger partial charge in [-0.2, -0.15) is 0 Å². The van der Waals surface area contributed by atoms with E-state index in [2.05, 4.69) is 18.8 Å². The Hall–Kier alpha value is -0.536. The largest absolute Gasteiger partial charge is 0.394 e. The number of nitrogens with zero attached hydrogens (tertiary/aromatic N) is 1. The first-order chi connectivity index (χ1) is 9.03. The lowest BCUT2D eigenvalue weighted by molar-refractivity contribution is -0.0786. The van der Waals surface area contributed by atoms with Gasteiger partial charge in [-0.25, -0.2) is 0 Å². The van der Waals surface area contributed by atoms with Crippen molar-refractivity contribution in [2.24, 2.45) is 5.41 Å². The van der Waals surface area contributed by atoms with E-state index in [9.17, 15) is 0 Å². The van der Waals surface area contributed by atoms with Crippen LogP contribution in [-0.4, -0.2) is 35.9 Å². The molecule has 6 heteroatoms. The predicted molar refractivity (Wildman–Crippen MR) is 76.8 cm³/mol. The fourth-order valence-electron chi connectivity index (χ4n) is 1.82. The van der Waals surface area contributed by atoms with Crippen LogP contribution in [0.25, 0.3) is 0 Å². The highest BCUT2D eigenvalue weighted by atomic mass is 28.2. The molecule has 0 saturated heterocycles. The Balaban J connectivity index is 2.80. The maximum Gasteiger partial charge on any atom is 0.229 e. The van der Waals surface area contributed by atoms with Crippen LogP contribution in [-0.2, 0) is 21.9 Å². The van der Waals surface area contributed by atoms with Gasteiger partial charge in [0.1, 0.15) is 6.29 Å². The summed E-state index contributed by atoms with van der Waals surface area (Å²) in [6.45, 7) is 8.19. The van der Waals surface area contributed by atoms with Gasteiger partial charge in [-0.1, -0.05) is 19.9 Å². The lowest BCUT2D eigenvalue weighted by Crippen LogP contribution is -2.37. The van der Waals surface area contributed by atoms with Crippen LogP contribution >= 0.6 is 0 Å². The monoisotopic (exact) mass is 295 g/mol. The van der Waals surface area contributed by atoms with Crippen molar-refractivity contribution in [2.75, 3.05) is 0 Å². The average Bonchev–Trinajstić information content (AvgIpc) is 2.38. The van der Waals surface area contributed by atoms with Crippen molar-refractivity contribution in [3.8, 4) is 0 Å². The second kappa shape index (κ2) is 7.91. The molecule has 4 nitrogen and oxygen atoms in total. The van der Waals surface area contributed by atoms with Gasteiger partial charge in [0.05, 0.1) is 12.3 Å². The molecule has 0 atom stereocenters. The van der Waals surface area contributed by atoms with Gasteiger partial charge in [-0.3, -0.25) is 4.98 Å². The molecule has 0 unspecified atom stereocenters. The van der Waals surface area contributed by atoms with Gasteiger partial charge in [-0.05, 0) is 31.6 Å². The zero-order valence-corrected chi connectivity index (χ0v) is 13.9. The molecular formula is C13H21NO3Si2. The summed E-state index contributed by atoms with van der Waals surface area (Å²) in [5.74, 6) is 0. The quantitative estimate of drug-likeness (QED) is 0.587. The van der Waals surface area contributed by atoms with Crippen LogP contribution in [0, 0.1) is 5.41 Å². The van der Waals surface area contributed by atoms with Gasteiger partial charge in [0, 0.05) is 11.1 Å². The molecule has 0 aliphatic rings. The van der Waals surface area contributed by atoms with Gasteiger partial charge in [0.2, 0.25) is 19.5 Å². The third-order valence-electron chi connectivity index (χ3n) is 2.75. The molecule has 1 heterocycles. The smallest absolute Gasteiger partial charge is 0.229 e. The van der Waals surface area contributed by atoms with Gasteiger partial charge >= 0.3 is 0 Å². The summed E-state index contributed by atoms with van der Waals surface area (Å²) in [7, 11) is 0.798. The second-order valence-electron chi connectivity index (χ2n) is 4.92. The molecule has 4 radical (unpaired) electrons. The third-order valence-corrected chi connectivity index (χ3v) is 3.65. The van der Waals surface area contributed by atoms with E-state index in [1.165, 1.54) is 0 Å². The summed E-state index contributed by atoms with van der Waals surface area (Å²) in [5, 5.41) is 9.13. The second-order valence-corrected chi connectivity index (χ2v) is 6.21. The summed E-state index contributed by atoms with van der Waals surface area (Å²) in [6, 6.07) is 5.71. The van der Waals surface area contributed by atoms with Crippen molar-refractivity contribution in [2.45, 2.75) is 46.3 Å². The lowest BCUT2D eigenvalue weighted by atomic mass is 9.87. The molecule has 19 heavy (non-hydrogen) atoms. The summed E-state index contributed by atoms with van der Waals surface area (Å²) < 4.78 is 11.4. The molecule has 0 spiro atoms. The van der Waals surface area contributed by atoms with Crippen molar-refractivity contribution in [3.63, 3.8) is 0 Å². The minimum absolute atomic E-state index is 0.0304. The Bertz CT molecular complexity index is 382. The SMILES string of the molecule is C[Si]OC(O[Si]C)C(C)(C)Cc1cccc(CO)n1. The van der Waals surface area contributed by atoms with Crippen molar-refractivity contribution in [1.82, 2.24) is 4.98 Å². The first-order valence-corrected chi connectivity index (χ1v) is 9.05. The van der Waals surface area contributed by atoms with Gasteiger partial charge in [-0.15, -0.1) is 0 Å². The standard InChI is InChI=1S/C13H21NO3Si2/c1-13(2,12(16-18-3)17-19-4)8-10-6-5-7-11(9-15)14-10/h5-7,12,15H,8-9H2,1-4H3. The van der Waals surface area contributed by atoms with E-state index in [4.69, 9.17) is 14.0 Å². The van der Waals surface area contributed by atoms with E-state index >= 15 is 0 Å². The van der Waals surface area contributed by atoms with E-state index in [-0.39, 0.29) is 18.3 Å². The first-order valence-electron chi connectivity index (χ1n) is 6.24. The molecule has 0 amide bonds. The Kier molecular flexibility index (Phi) is 6.88. The van der Waals surface area contributed by atoms with Crippen molar-refractivity contribution in [3.05, 3.63) is 29.6 Å². The summed E-state index contributed by atoms with van der Waals surface area (Å²) in [5.41, 5.74) is 1.49. The molecule has 1 rings (SSSR count). The van der Waals surface area contributed by atoms with Gasteiger partial charge in [0.25, 0.3) is 0 Å². The van der Waals surface area contributed by atoms with Crippen molar-refractivity contribution < 1.29 is 14.0 Å². The molecule has 0 aromatic carbocycles. The van der Waals surface area contributed by atoms with E-state index in [0.717, 1.165) is 12.1 Å². The number of pyridine rings is 1. The summed E-state index contributed by atoms with van der Waals surface area (Å²) in [4.78, 5) is 4.42. The number of aromatic nitrogens is 1. The highest BCUT2D eigenvalue weighted by Gasteiger charge is 2.31. The van der Waals surface area contributed by atoms with Crippen LogP contribution in [0.5, 0.6) is 0 Å². The van der Waals surface area contributed by atoms with Crippen LogP contribution in [0.4, 0.5) is 0 Å². The summed E-state index contributed by atoms with van der Waals surface area (Å²) in [6.07, 6.45) is 0.527. The van der Waals surface area contributed by atoms with E-state index in [0.29, 0.717) is 25.2 Å². The lowest BCUT2D eigenvalue weighted by Gasteiger charge is -2.33. The molecule has 0 saturated carbocycles. The molecule has 0 bridgehead atoms.